The predicted octanol–water partition coefficient (Wildman–Crippen LogP) is 2.26. The Morgan fingerprint density at radius 3 is 2.70 bits per heavy atom. The summed E-state index contributed by atoms with van der Waals surface area (Å²) in [7, 11) is 0. The molecule has 3 rings (SSSR count). The minimum absolute atomic E-state index is 0. The van der Waals surface area contributed by atoms with Gasteiger partial charge in [-0.05, 0) is 38.5 Å². The molecule has 130 valence electrons. The van der Waals surface area contributed by atoms with Gasteiger partial charge in [-0.1, -0.05) is 12.1 Å². The Morgan fingerprint density at radius 1 is 1.30 bits per heavy atom. The lowest BCUT2D eigenvalue weighted by Gasteiger charge is -2.31. The lowest BCUT2D eigenvalue weighted by molar-refractivity contribution is 0.0307. The lowest BCUT2D eigenvalue weighted by atomic mass is 10.00. The zero-order chi connectivity index (χ0) is 15.5. The minimum atomic E-state index is -0.0986. The van der Waals surface area contributed by atoms with Crippen molar-refractivity contribution in [2.75, 3.05) is 19.6 Å². The Hall–Kier alpha value is -0.900. The monoisotopic (exact) mass is 435 g/mol. The molecule has 0 saturated carbocycles. The van der Waals surface area contributed by atoms with Crippen molar-refractivity contribution >= 4 is 29.9 Å². The second kappa shape index (κ2) is 8.27. The fourth-order valence-electron chi connectivity index (χ4n) is 3.00. The summed E-state index contributed by atoms with van der Waals surface area (Å²) < 4.78 is 11.1. The smallest absolute Gasteiger partial charge is 0.255 e. The average molecular weight is 435 g/mol. The van der Waals surface area contributed by atoms with E-state index in [0.717, 1.165) is 31.8 Å². The molecule has 0 unspecified atom stereocenters. The van der Waals surface area contributed by atoms with Crippen LogP contribution in [-0.4, -0.2) is 46.7 Å². The van der Waals surface area contributed by atoms with Gasteiger partial charge < -0.3 is 19.9 Å². The Kier molecular flexibility index (Phi) is 6.63. The van der Waals surface area contributed by atoms with Crippen molar-refractivity contribution in [1.82, 2.24) is 15.0 Å². The second-order valence-electron chi connectivity index (χ2n) is 6.37. The maximum atomic E-state index is 6.10. The molecule has 8 heteroatoms. The van der Waals surface area contributed by atoms with Crippen LogP contribution in [-0.2, 0) is 4.74 Å². The van der Waals surface area contributed by atoms with E-state index in [2.05, 4.69) is 27.0 Å². The number of hydrogen-bond donors (Lipinski definition) is 1. The minimum Gasteiger partial charge on any atom is -0.370 e. The van der Waals surface area contributed by atoms with Crippen LogP contribution < -0.4 is 5.73 Å². The molecule has 7 nitrogen and oxygen atoms in total. The highest BCUT2D eigenvalue weighted by atomic mass is 127. The number of piperidine rings is 1. The molecule has 23 heavy (non-hydrogen) atoms. The highest BCUT2D eigenvalue weighted by molar-refractivity contribution is 14.0. The molecule has 1 aromatic rings. The van der Waals surface area contributed by atoms with Gasteiger partial charge in [-0.15, -0.1) is 24.0 Å². The summed E-state index contributed by atoms with van der Waals surface area (Å²) in [5, 5.41) is 3.81. The largest absolute Gasteiger partial charge is 0.370 e. The summed E-state index contributed by atoms with van der Waals surface area (Å²) in [6.45, 7) is 6.71. The molecule has 2 aliphatic rings. The number of hydrogen-bond acceptors (Lipinski definition) is 5. The molecule has 2 N–H and O–H groups in total. The predicted molar refractivity (Wildman–Crippen MR) is 97.8 cm³/mol. The average Bonchev–Trinajstić information content (AvgIpc) is 3.14. The van der Waals surface area contributed by atoms with Gasteiger partial charge in [0, 0.05) is 13.1 Å². The van der Waals surface area contributed by atoms with Gasteiger partial charge in [0.1, 0.15) is 6.10 Å². The van der Waals surface area contributed by atoms with Crippen LogP contribution in [0.4, 0.5) is 0 Å². The molecule has 0 bridgehead atoms. The summed E-state index contributed by atoms with van der Waals surface area (Å²) in [6.07, 6.45) is 4.20. The molecule has 2 atom stereocenters. The highest BCUT2D eigenvalue weighted by Gasteiger charge is 2.30. The molecule has 0 amide bonds. The molecule has 2 saturated heterocycles. The fourth-order valence-corrected chi connectivity index (χ4v) is 3.00. The van der Waals surface area contributed by atoms with Gasteiger partial charge in [0.15, 0.2) is 11.8 Å². The van der Waals surface area contributed by atoms with E-state index < -0.39 is 0 Å². The van der Waals surface area contributed by atoms with Gasteiger partial charge in [-0.3, -0.25) is 4.99 Å². The van der Waals surface area contributed by atoms with Crippen LogP contribution >= 0.6 is 24.0 Å². The van der Waals surface area contributed by atoms with Crippen LogP contribution in [0.5, 0.6) is 0 Å². The van der Waals surface area contributed by atoms with Crippen LogP contribution in [0.2, 0.25) is 0 Å². The van der Waals surface area contributed by atoms with Crippen molar-refractivity contribution in [2.24, 2.45) is 16.6 Å². The van der Waals surface area contributed by atoms with Crippen LogP contribution in [0.1, 0.15) is 50.4 Å². The first kappa shape index (κ1) is 18.4. The molecule has 2 aliphatic heterocycles. The number of rotatable bonds is 3. The zero-order valence-corrected chi connectivity index (χ0v) is 16.1. The van der Waals surface area contributed by atoms with E-state index in [1.165, 1.54) is 12.8 Å². The maximum absolute atomic E-state index is 6.10. The first-order chi connectivity index (χ1) is 10.6. The van der Waals surface area contributed by atoms with Gasteiger partial charge in [0.25, 0.3) is 5.89 Å². The van der Waals surface area contributed by atoms with Crippen molar-refractivity contribution in [3.8, 4) is 0 Å². The number of nitrogens with zero attached hydrogens (tertiary/aromatic N) is 4. The van der Waals surface area contributed by atoms with E-state index in [1.54, 1.807) is 0 Å². The van der Waals surface area contributed by atoms with Gasteiger partial charge >= 0.3 is 0 Å². The van der Waals surface area contributed by atoms with Crippen LogP contribution in [0, 0.1) is 12.8 Å². The number of aliphatic imine (C=N–C) groups is 1. The van der Waals surface area contributed by atoms with Crippen LogP contribution in [0.25, 0.3) is 0 Å². The van der Waals surface area contributed by atoms with E-state index in [1.807, 2.05) is 6.92 Å². The van der Waals surface area contributed by atoms with E-state index in [4.69, 9.17) is 15.0 Å². The quantitative estimate of drug-likeness (QED) is 0.445. The first-order valence-corrected chi connectivity index (χ1v) is 8.12. The normalized spacial score (nSPS) is 26.3. The first-order valence-electron chi connectivity index (χ1n) is 8.12. The molecule has 0 aromatic carbocycles. The van der Waals surface area contributed by atoms with Crippen molar-refractivity contribution in [3.05, 3.63) is 11.7 Å². The second-order valence-corrected chi connectivity index (χ2v) is 6.37. The van der Waals surface area contributed by atoms with E-state index >= 15 is 0 Å². The highest BCUT2D eigenvalue weighted by Crippen LogP contribution is 2.31. The van der Waals surface area contributed by atoms with E-state index in [9.17, 15) is 0 Å². The summed E-state index contributed by atoms with van der Waals surface area (Å²) in [5.41, 5.74) is 6.10. The number of aryl methyl sites for hydroxylation is 1. The lowest BCUT2D eigenvalue weighted by Crippen LogP contribution is -2.42. The van der Waals surface area contributed by atoms with Crippen LogP contribution in [0.3, 0.4) is 0 Å². The van der Waals surface area contributed by atoms with Gasteiger partial charge in [-0.25, -0.2) is 0 Å². The molecular formula is C15H26IN5O2. The Morgan fingerprint density at radius 2 is 2.04 bits per heavy atom. The molecule has 3 heterocycles. The van der Waals surface area contributed by atoms with Crippen LogP contribution in [0.15, 0.2) is 9.52 Å². The molecule has 0 radical (unpaired) electrons. The Bertz CT molecular complexity index is 528. The molecule has 0 spiro atoms. The number of likely N-dealkylation sites (tertiary alicyclic amines) is 1. The summed E-state index contributed by atoms with van der Waals surface area (Å²) in [5.74, 6) is 2.65. The summed E-state index contributed by atoms with van der Waals surface area (Å²) in [4.78, 5) is 10.9. The third-order valence-corrected chi connectivity index (χ3v) is 4.49. The number of ether oxygens (including phenoxy) is 1. The standard InChI is InChI=1S/C15H25N5O2.HI/c1-10-5-7-20(8-6-10)15(16)17-9-12-3-4-13(21-12)14-18-11(2)19-22-14;/h10,12-13H,3-9H2,1-2H3,(H2,16,17);1H/t12-,13+;/m1./s1. The molecule has 1 aromatic heterocycles. The molecule has 2 fully saturated rings. The fraction of sp³-hybridized carbons (Fsp3) is 0.800. The summed E-state index contributed by atoms with van der Waals surface area (Å²) in [6, 6.07) is 0. The molecular weight excluding hydrogens is 409 g/mol. The van der Waals surface area contributed by atoms with E-state index in [-0.39, 0.29) is 36.2 Å². The number of guanidine groups is 1. The summed E-state index contributed by atoms with van der Waals surface area (Å²) >= 11 is 0. The Balaban J connectivity index is 0.00000192. The third-order valence-electron chi connectivity index (χ3n) is 4.49. The van der Waals surface area contributed by atoms with Crippen molar-refractivity contribution in [3.63, 3.8) is 0 Å². The van der Waals surface area contributed by atoms with Crippen molar-refractivity contribution < 1.29 is 9.26 Å². The molecule has 0 aliphatic carbocycles. The Labute approximate surface area is 154 Å². The third kappa shape index (κ3) is 4.79. The SMILES string of the molecule is Cc1noc([C@@H]2CC[C@H](CN=C(N)N3CCC(C)CC3)O2)n1.I. The topological polar surface area (TPSA) is 89.8 Å². The number of aromatic nitrogens is 2. The number of halogens is 1. The van der Waals surface area contributed by atoms with Gasteiger partial charge in [-0.2, -0.15) is 4.98 Å². The maximum Gasteiger partial charge on any atom is 0.255 e. The van der Waals surface area contributed by atoms with E-state index in [0.29, 0.717) is 24.2 Å². The zero-order valence-electron chi connectivity index (χ0n) is 13.8. The van der Waals surface area contributed by atoms with Crippen molar-refractivity contribution in [1.29, 1.82) is 0 Å². The van der Waals surface area contributed by atoms with Gasteiger partial charge in [0.2, 0.25) is 0 Å². The van der Waals surface area contributed by atoms with Gasteiger partial charge in [0.05, 0.1) is 12.6 Å². The van der Waals surface area contributed by atoms with Crippen molar-refractivity contribution in [2.45, 2.75) is 51.7 Å². The number of nitrogens with two attached hydrogens (primary N) is 1.